The highest BCUT2D eigenvalue weighted by Gasteiger charge is 2.07. The van der Waals surface area contributed by atoms with Crippen molar-refractivity contribution in [3.8, 4) is 0 Å². The summed E-state index contributed by atoms with van der Waals surface area (Å²) in [5, 5.41) is 12.8. The Balaban J connectivity index is 2.04. The van der Waals surface area contributed by atoms with Crippen LogP contribution in [0.3, 0.4) is 0 Å². The summed E-state index contributed by atoms with van der Waals surface area (Å²) in [5.41, 5.74) is 2.22. The average molecular weight is 230 g/mol. The summed E-state index contributed by atoms with van der Waals surface area (Å²) in [6.45, 7) is 1.42. The molecule has 2 rings (SSSR count). The van der Waals surface area contributed by atoms with Crippen LogP contribution >= 0.6 is 0 Å². The molecule has 1 heterocycles. The van der Waals surface area contributed by atoms with Crippen molar-refractivity contribution < 1.29 is 5.11 Å². The minimum Gasteiger partial charge on any atom is -0.387 e. The second-order valence-electron chi connectivity index (χ2n) is 4.18. The minimum atomic E-state index is -0.433. The summed E-state index contributed by atoms with van der Waals surface area (Å²) in [5.74, 6) is 0. The fourth-order valence-electron chi connectivity index (χ4n) is 1.86. The molecule has 0 radical (unpaired) electrons. The Morgan fingerprint density at radius 3 is 2.71 bits per heavy atom. The lowest BCUT2D eigenvalue weighted by atomic mass is 10.2. The van der Waals surface area contributed by atoms with Crippen LogP contribution in [0.2, 0.25) is 0 Å². The van der Waals surface area contributed by atoms with Crippen molar-refractivity contribution in [1.82, 2.24) is 9.88 Å². The van der Waals surface area contributed by atoms with Crippen LogP contribution in [0.15, 0.2) is 48.8 Å². The molecule has 0 fully saturated rings. The summed E-state index contributed by atoms with van der Waals surface area (Å²) in [7, 11) is 1.84. The quantitative estimate of drug-likeness (QED) is 0.821. The van der Waals surface area contributed by atoms with Gasteiger partial charge in [-0.2, -0.15) is 0 Å². The number of rotatable bonds is 5. The number of hydrogen-bond acceptors (Lipinski definition) is 2. The first-order chi connectivity index (χ1) is 8.29. The van der Waals surface area contributed by atoms with Gasteiger partial charge in [0.25, 0.3) is 0 Å². The zero-order valence-electron chi connectivity index (χ0n) is 10.0. The van der Waals surface area contributed by atoms with Crippen LogP contribution < -0.4 is 5.32 Å². The third-order valence-corrected chi connectivity index (χ3v) is 2.76. The molecule has 90 valence electrons. The molecule has 1 aromatic heterocycles. The topological polar surface area (TPSA) is 37.2 Å². The van der Waals surface area contributed by atoms with E-state index in [-0.39, 0.29) is 0 Å². The second kappa shape index (κ2) is 5.66. The van der Waals surface area contributed by atoms with E-state index in [1.54, 1.807) is 0 Å². The summed E-state index contributed by atoms with van der Waals surface area (Å²) in [6, 6.07) is 12.3. The molecule has 0 bridgehead atoms. The number of nitrogens with zero attached hydrogens (tertiary/aromatic N) is 1. The van der Waals surface area contributed by atoms with E-state index in [1.807, 2.05) is 43.7 Å². The summed E-state index contributed by atoms with van der Waals surface area (Å²) in [4.78, 5) is 0. The SMILES string of the molecule is CNCC(O)c1ccn(Cc2ccccc2)c1. The number of nitrogens with one attached hydrogen (secondary N) is 1. The third kappa shape index (κ3) is 3.19. The van der Waals surface area contributed by atoms with Gasteiger partial charge in [0.05, 0.1) is 6.10 Å². The number of aliphatic hydroxyl groups is 1. The number of aliphatic hydroxyl groups excluding tert-OH is 1. The van der Waals surface area contributed by atoms with Crippen molar-refractivity contribution in [1.29, 1.82) is 0 Å². The molecule has 3 heteroatoms. The van der Waals surface area contributed by atoms with Crippen molar-refractivity contribution in [2.45, 2.75) is 12.6 Å². The maximum Gasteiger partial charge on any atom is 0.0928 e. The molecule has 2 aromatic rings. The van der Waals surface area contributed by atoms with E-state index in [4.69, 9.17) is 0 Å². The first kappa shape index (κ1) is 11.9. The van der Waals surface area contributed by atoms with Gasteiger partial charge in [-0.3, -0.25) is 0 Å². The van der Waals surface area contributed by atoms with E-state index >= 15 is 0 Å². The predicted molar refractivity (Wildman–Crippen MR) is 68.9 cm³/mol. The van der Waals surface area contributed by atoms with Crippen molar-refractivity contribution in [3.63, 3.8) is 0 Å². The zero-order chi connectivity index (χ0) is 12.1. The van der Waals surface area contributed by atoms with Gasteiger partial charge in [0, 0.05) is 25.5 Å². The Morgan fingerprint density at radius 1 is 1.24 bits per heavy atom. The predicted octanol–water partition coefficient (Wildman–Crippen LogP) is 1.79. The normalized spacial score (nSPS) is 12.6. The van der Waals surface area contributed by atoms with Gasteiger partial charge in [0.2, 0.25) is 0 Å². The molecule has 2 N–H and O–H groups in total. The highest BCUT2D eigenvalue weighted by molar-refractivity contribution is 5.18. The number of benzene rings is 1. The average Bonchev–Trinajstić information content (AvgIpc) is 2.79. The molecular weight excluding hydrogens is 212 g/mol. The van der Waals surface area contributed by atoms with Crippen LogP contribution in [0.5, 0.6) is 0 Å². The Morgan fingerprint density at radius 2 is 2.00 bits per heavy atom. The van der Waals surface area contributed by atoms with Crippen LogP contribution in [0, 0.1) is 0 Å². The number of aromatic nitrogens is 1. The van der Waals surface area contributed by atoms with Gasteiger partial charge in [-0.1, -0.05) is 30.3 Å². The van der Waals surface area contributed by atoms with E-state index in [2.05, 4.69) is 22.0 Å². The molecule has 3 nitrogen and oxygen atoms in total. The fourth-order valence-corrected chi connectivity index (χ4v) is 1.86. The molecule has 1 unspecified atom stereocenters. The zero-order valence-corrected chi connectivity index (χ0v) is 10.0. The van der Waals surface area contributed by atoms with Crippen LogP contribution in [0.4, 0.5) is 0 Å². The molecular formula is C14H18N2O. The van der Waals surface area contributed by atoms with Crippen LogP contribution in [-0.2, 0) is 6.54 Å². The molecule has 0 aliphatic rings. The summed E-state index contributed by atoms with van der Waals surface area (Å²) in [6.07, 6.45) is 3.56. The molecule has 17 heavy (non-hydrogen) atoms. The van der Waals surface area contributed by atoms with Crippen LogP contribution in [0.1, 0.15) is 17.2 Å². The smallest absolute Gasteiger partial charge is 0.0928 e. The van der Waals surface area contributed by atoms with E-state index in [0.29, 0.717) is 6.54 Å². The Labute approximate surface area is 102 Å². The van der Waals surface area contributed by atoms with E-state index < -0.39 is 6.10 Å². The first-order valence-electron chi connectivity index (χ1n) is 5.82. The number of likely N-dealkylation sites (N-methyl/N-ethyl adjacent to an activating group) is 1. The Kier molecular flexibility index (Phi) is 3.96. The second-order valence-corrected chi connectivity index (χ2v) is 4.18. The summed E-state index contributed by atoms with van der Waals surface area (Å²) < 4.78 is 2.09. The molecule has 0 aliphatic carbocycles. The lowest BCUT2D eigenvalue weighted by molar-refractivity contribution is 0.178. The maximum atomic E-state index is 9.82. The molecule has 0 spiro atoms. The van der Waals surface area contributed by atoms with Crippen molar-refractivity contribution in [2.24, 2.45) is 0 Å². The molecule has 0 saturated carbocycles. The Hall–Kier alpha value is -1.58. The lowest BCUT2D eigenvalue weighted by Gasteiger charge is -2.07. The van der Waals surface area contributed by atoms with Gasteiger partial charge >= 0.3 is 0 Å². The minimum absolute atomic E-state index is 0.433. The van der Waals surface area contributed by atoms with E-state index in [9.17, 15) is 5.11 Å². The van der Waals surface area contributed by atoms with Crippen LogP contribution in [0.25, 0.3) is 0 Å². The molecule has 1 aromatic carbocycles. The highest BCUT2D eigenvalue weighted by Crippen LogP contribution is 2.13. The highest BCUT2D eigenvalue weighted by atomic mass is 16.3. The largest absolute Gasteiger partial charge is 0.387 e. The lowest BCUT2D eigenvalue weighted by Crippen LogP contribution is -2.16. The molecule has 0 saturated heterocycles. The standard InChI is InChI=1S/C14H18N2O/c1-15-9-14(17)13-7-8-16(11-13)10-12-5-3-2-4-6-12/h2-8,11,14-15,17H,9-10H2,1H3. The maximum absolute atomic E-state index is 9.82. The van der Waals surface area contributed by atoms with Gasteiger partial charge < -0.3 is 15.0 Å². The molecule has 0 aliphatic heterocycles. The van der Waals surface area contributed by atoms with E-state index in [0.717, 1.165) is 12.1 Å². The molecule has 0 amide bonds. The van der Waals surface area contributed by atoms with Gasteiger partial charge in [-0.05, 0) is 24.2 Å². The van der Waals surface area contributed by atoms with Gasteiger partial charge in [0.15, 0.2) is 0 Å². The number of hydrogen-bond donors (Lipinski definition) is 2. The van der Waals surface area contributed by atoms with Crippen molar-refractivity contribution >= 4 is 0 Å². The molecule has 1 atom stereocenters. The van der Waals surface area contributed by atoms with E-state index in [1.165, 1.54) is 5.56 Å². The van der Waals surface area contributed by atoms with Crippen LogP contribution in [-0.4, -0.2) is 23.3 Å². The van der Waals surface area contributed by atoms with Crippen molar-refractivity contribution in [3.05, 3.63) is 59.9 Å². The van der Waals surface area contributed by atoms with Crippen molar-refractivity contribution in [2.75, 3.05) is 13.6 Å². The third-order valence-electron chi connectivity index (χ3n) is 2.76. The summed E-state index contributed by atoms with van der Waals surface area (Å²) >= 11 is 0. The Bertz CT molecular complexity index is 450. The monoisotopic (exact) mass is 230 g/mol. The first-order valence-corrected chi connectivity index (χ1v) is 5.82. The van der Waals surface area contributed by atoms with Gasteiger partial charge in [0.1, 0.15) is 0 Å². The van der Waals surface area contributed by atoms with Gasteiger partial charge in [-0.25, -0.2) is 0 Å². The van der Waals surface area contributed by atoms with Gasteiger partial charge in [-0.15, -0.1) is 0 Å². The fraction of sp³-hybridized carbons (Fsp3) is 0.286.